The first-order valence-corrected chi connectivity index (χ1v) is 11.3. The molecule has 0 unspecified atom stereocenters. The number of carbonyl (C=O) groups excluding carboxylic acids is 1. The molecule has 0 spiro atoms. The van der Waals surface area contributed by atoms with Crippen molar-refractivity contribution in [2.75, 3.05) is 17.7 Å². The Hall–Kier alpha value is -2.95. The van der Waals surface area contributed by atoms with E-state index in [0.717, 1.165) is 33.9 Å². The molecule has 3 aromatic rings. The standard InChI is InChI=1S/C26H22Cl2N2O2/c1-32-17-11-9-15(10-12-17)16-13-22-25(23(31)14-16)26(24-18(27)5-4-6-19(24)28)30-21-8-3-2-7-20(21)29-22/h2-13,16,25-26,29-30H,14H2,1H3/t16-,25+,26+/m1/s1. The molecule has 3 aromatic carbocycles. The van der Waals surface area contributed by atoms with Gasteiger partial charge >= 0.3 is 0 Å². The molecule has 0 amide bonds. The molecule has 1 aliphatic carbocycles. The van der Waals surface area contributed by atoms with E-state index in [1.807, 2.05) is 66.7 Å². The maximum atomic E-state index is 13.6. The highest BCUT2D eigenvalue weighted by molar-refractivity contribution is 6.36. The van der Waals surface area contributed by atoms with E-state index in [0.29, 0.717) is 16.5 Å². The predicted octanol–water partition coefficient (Wildman–Crippen LogP) is 6.84. The number of Topliss-reactive ketones (excluding diaryl/α,β-unsaturated/α-hetero) is 1. The van der Waals surface area contributed by atoms with Crippen molar-refractivity contribution in [1.29, 1.82) is 0 Å². The molecule has 0 saturated heterocycles. The number of carbonyl (C=O) groups is 1. The molecule has 2 aliphatic rings. The third kappa shape index (κ3) is 3.74. The quantitative estimate of drug-likeness (QED) is 0.445. The van der Waals surface area contributed by atoms with Crippen LogP contribution in [0.3, 0.4) is 0 Å². The summed E-state index contributed by atoms with van der Waals surface area (Å²) in [6.07, 6.45) is 2.56. The maximum absolute atomic E-state index is 13.6. The fourth-order valence-electron chi connectivity index (χ4n) is 4.62. The molecule has 3 atom stereocenters. The molecule has 0 radical (unpaired) electrons. The van der Waals surface area contributed by atoms with Crippen molar-refractivity contribution in [2.24, 2.45) is 5.92 Å². The van der Waals surface area contributed by atoms with Crippen LogP contribution in [0, 0.1) is 5.92 Å². The van der Waals surface area contributed by atoms with Crippen LogP contribution in [0.15, 0.2) is 78.5 Å². The van der Waals surface area contributed by atoms with Gasteiger partial charge in [0, 0.05) is 33.6 Å². The first-order chi connectivity index (χ1) is 15.5. The second-order valence-corrected chi connectivity index (χ2v) is 8.89. The van der Waals surface area contributed by atoms with Crippen LogP contribution in [0.2, 0.25) is 10.0 Å². The van der Waals surface area contributed by atoms with Gasteiger partial charge in [-0.3, -0.25) is 4.79 Å². The largest absolute Gasteiger partial charge is 0.497 e. The average Bonchev–Trinajstić information content (AvgIpc) is 2.96. The van der Waals surface area contributed by atoms with E-state index in [2.05, 4.69) is 16.7 Å². The molecular formula is C26H22Cl2N2O2. The maximum Gasteiger partial charge on any atom is 0.145 e. The lowest BCUT2D eigenvalue weighted by atomic mass is 9.76. The molecule has 5 rings (SSSR count). The predicted molar refractivity (Wildman–Crippen MR) is 130 cm³/mol. The van der Waals surface area contributed by atoms with Gasteiger partial charge in [-0.25, -0.2) is 0 Å². The summed E-state index contributed by atoms with van der Waals surface area (Å²) in [6, 6.07) is 20.8. The van der Waals surface area contributed by atoms with Gasteiger partial charge in [-0.2, -0.15) is 0 Å². The second kappa shape index (κ2) is 8.53. The molecule has 1 heterocycles. The number of allylic oxidation sites excluding steroid dienone is 1. The zero-order valence-electron chi connectivity index (χ0n) is 17.4. The molecule has 4 nitrogen and oxygen atoms in total. The van der Waals surface area contributed by atoms with Crippen molar-refractivity contribution in [1.82, 2.24) is 0 Å². The van der Waals surface area contributed by atoms with Crippen molar-refractivity contribution in [2.45, 2.75) is 18.4 Å². The van der Waals surface area contributed by atoms with Crippen molar-refractivity contribution >= 4 is 40.4 Å². The molecule has 2 N–H and O–H groups in total. The first kappa shape index (κ1) is 20.9. The minimum Gasteiger partial charge on any atom is -0.497 e. The second-order valence-electron chi connectivity index (χ2n) is 8.08. The Morgan fingerprint density at radius 2 is 1.59 bits per heavy atom. The van der Waals surface area contributed by atoms with Crippen LogP contribution in [0.25, 0.3) is 0 Å². The third-order valence-electron chi connectivity index (χ3n) is 6.19. The number of para-hydroxylation sites is 2. The highest BCUT2D eigenvalue weighted by Crippen LogP contribution is 2.47. The van der Waals surface area contributed by atoms with Crippen molar-refractivity contribution in [3.8, 4) is 5.75 Å². The van der Waals surface area contributed by atoms with Gasteiger partial charge in [-0.15, -0.1) is 0 Å². The Bertz CT molecular complexity index is 1190. The highest BCUT2D eigenvalue weighted by atomic mass is 35.5. The number of rotatable bonds is 3. The number of methoxy groups -OCH3 is 1. The molecule has 162 valence electrons. The number of ether oxygens (including phenoxy) is 1. The lowest BCUT2D eigenvalue weighted by molar-refractivity contribution is -0.122. The monoisotopic (exact) mass is 464 g/mol. The van der Waals surface area contributed by atoms with Gasteiger partial charge in [-0.1, -0.05) is 59.6 Å². The van der Waals surface area contributed by atoms with Gasteiger partial charge in [0.25, 0.3) is 0 Å². The summed E-state index contributed by atoms with van der Waals surface area (Å²) in [5.74, 6) is 0.465. The molecule has 0 bridgehead atoms. The smallest absolute Gasteiger partial charge is 0.145 e. The summed E-state index contributed by atoms with van der Waals surface area (Å²) >= 11 is 13.2. The number of hydrogen-bond acceptors (Lipinski definition) is 4. The van der Waals surface area contributed by atoms with Gasteiger partial charge in [0.15, 0.2) is 0 Å². The number of nitrogens with one attached hydrogen (secondary N) is 2. The number of hydrogen-bond donors (Lipinski definition) is 2. The van der Waals surface area contributed by atoms with Gasteiger partial charge < -0.3 is 15.4 Å². The van der Waals surface area contributed by atoms with Crippen LogP contribution < -0.4 is 15.4 Å². The molecule has 0 saturated carbocycles. The fraction of sp³-hybridized carbons (Fsp3) is 0.192. The van der Waals surface area contributed by atoms with Gasteiger partial charge in [-0.05, 0) is 42.0 Å². The Morgan fingerprint density at radius 1 is 0.906 bits per heavy atom. The number of anilines is 2. The Labute approximate surface area is 197 Å². The average molecular weight is 465 g/mol. The third-order valence-corrected chi connectivity index (χ3v) is 6.85. The highest BCUT2D eigenvalue weighted by Gasteiger charge is 2.41. The lowest BCUT2D eigenvalue weighted by Crippen LogP contribution is -2.34. The number of benzene rings is 3. The summed E-state index contributed by atoms with van der Waals surface area (Å²) in [7, 11) is 1.64. The van der Waals surface area contributed by atoms with Crippen LogP contribution in [-0.4, -0.2) is 12.9 Å². The van der Waals surface area contributed by atoms with E-state index < -0.39 is 5.92 Å². The summed E-state index contributed by atoms with van der Waals surface area (Å²) in [4.78, 5) is 13.6. The number of fused-ring (bicyclic) bond motifs is 2. The molecule has 1 aliphatic heterocycles. The summed E-state index contributed by atoms with van der Waals surface area (Å²) in [6.45, 7) is 0. The fourth-order valence-corrected chi connectivity index (χ4v) is 5.25. The minimum atomic E-state index is -0.436. The van der Waals surface area contributed by atoms with Gasteiger partial charge in [0.05, 0.1) is 30.4 Å². The summed E-state index contributed by atoms with van der Waals surface area (Å²) in [5, 5.41) is 8.15. The topological polar surface area (TPSA) is 50.4 Å². The Balaban J connectivity index is 1.63. The van der Waals surface area contributed by atoms with Crippen LogP contribution in [0.4, 0.5) is 11.4 Å². The Kier molecular flexibility index (Phi) is 5.58. The summed E-state index contributed by atoms with van der Waals surface area (Å²) < 4.78 is 5.28. The SMILES string of the molecule is COc1ccc([C@@H]2C=C3Nc4ccccc4N[C@@H](c4c(Cl)cccc4Cl)[C@@H]3C(=O)C2)cc1. The minimum absolute atomic E-state index is 0.0280. The summed E-state index contributed by atoms with van der Waals surface area (Å²) in [5.41, 5.74) is 4.49. The van der Waals surface area contributed by atoms with E-state index in [1.165, 1.54) is 0 Å². The van der Waals surface area contributed by atoms with E-state index in [9.17, 15) is 4.79 Å². The normalized spacial score (nSPS) is 21.9. The van der Waals surface area contributed by atoms with Crippen LogP contribution in [0.5, 0.6) is 5.75 Å². The van der Waals surface area contributed by atoms with E-state index in [-0.39, 0.29) is 17.7 Å². The first-order valence-electron chi connectivity index (χ1n) is 10.5. The van der Waals surface area contributed by atoms with Crippen LogP contribution >= 0.6 is 23.2 Å². The molecule has 32 heavy (non-hydrogen) atoms. The number of ketones is 1. The van der Waals surface area contributed by atoms with Crippen molar-refractivity contribution < 1.29 is 9.53 Å². The lowest BCUT2D eigenvalue weighted by Gasteiger charge is -2.33. The molecule has 0 fully saturated rings. The molecule has 0 aromatic heterocycles. The van der Waals surface area contributed by atoms with E-state index in [1.54, 1.807) is 7.11 Å². The van der Waals surface area contributed by atoms with E-state index >= 15 is 0 Å². The van der Waals surface area contributed by atoms with Crippen LogP contribution in [-0.2, 0) is 4.79 Å². The van der Waals surface area contributed by atoms with Crippen LogP contribution in [0.1, 0.15) is 29.5 Å². The van der Waals surface area contributed by atoms with Gasteiger partial charge in [0.2, 0.25) is 0 Å². The van der Waals surface area contributed by atoms with E-state index in [4.69, 9.17) is 27.9 Å². The Morgan fingerprint density at radius 3 is 2.28 bits per heavy atom. The molecule has 6 heteroatoms. The zero-order chi connectivity index (χ0) is 22.2. The number of halogens is 2. The van der Waals surface area contributed by atoms with Gasteiger partial charge in [0.1, 0.15) is 11.5 Å². The zero-order valence-corrected chi connectivity index (χ0v) is 19.0. The van der Waals surface area contributed by atoms with Crippen molar-refractivity contribution in [3.05, 3.63) is 99.7 Å². The van der Waals surface area contributed by atoms with Crippen molar-refractivity contribution in [3.63, 3.8) is 0 Å². The molecular weight excluding hydrogens is 443 g/mol.